The maximum Gasteiger partial charge on any atom is 0.175 e. The summed E-state index contributed by atoms with van der Waals surface area (Å²) in [5.74, 6) is 1.61. The molecule has 3 rings (SSSR count). The molecule has 0 heterocycles. The van der Waals surface area contributed by atoms with Crippen molar-refractivity contribution >= 4 is 9.84 Å². The summed E-state index contributed by atoms with van der Waals surface area (Å²) in [4.78, 5) is 0.292. The van der Waals surface area contributed by atoms with E-state index >= 15 is 0 Å². The fourth-order valence-corrected chi connectivity index (χ4v) is 3.56. The molecule has 0 bridgehead atoms. The highest BCUT2D eigenvalue weighted by molar-refractivity contribution is 7.90. The summed E-state index contributed by atoms with van der Waals surface area (Å²) in [6.45, 7) is 0.538. The molecule has 116 valence electrons. The predicted molar refractivity (Wildman–Crippen MR) is 81.8 cm³/mol. The minimum atomic E-state index is -3.17. The highest BCUT2D eigenvalue weighted by Crippen LogP contribution is 2.44. The van der Waals surface area contributed by atoms with Crippen LogP contribution in [0.2, 0.25) is 0 Å². The van der Waals surface area contributed by atoms with Crippen LogP contribution < -0.4 is 5.32 Å². The third-order valence-electron chi connectivity index (χ3n) is 4.50. The Morgan fingerprint density at radius 2 is 1.67 bits per heavy atom. The van der Waals surface area contributed by atoms with Crippen LogP contribution in [0, 0.1) is 11.8 Å². The van der Waals surface area contributed by atoms with Crippen molar-refractivity contribution in [1.82, 2.24) is 5.32 Å². The largest absolute Gasteiger partial charge is 0.387 e. The van der Waals surface area contributed by atoms with Gasteiger partial charge in [0.05, 0.1) is 11.0 Å². The molecule has 2 aliphatic rings. The van der Waals surface area contributed by atoms with Crippen LogP contribution in [0.15, 0.2) is 29.2 Å². The van der Waals surface area contributed by atoms with E-state index < -0.39 is 15.9 Å². The Morgan fingerprint density at radius 3 is 2.10 bits per heavy atom. The molecule has 4 nitrogen and oxygen atoms in total. The molecule has 0 saturated heterocycles. The molecule has 1 unspecified atom stereocenters. The van der Waals surface area contributed by atoms with Gasteiger partial charge in [-0.2, -0.15) is 0 Å². The number of rotatable bonds is 7. The van der Waals surface area contributed by atoms with E-state index in [0.717, 1.165) is 17.4 Å². The van der Waals surface area contributed by atoms with Crippen LogP contribution in [0.1, 0.15) is 37.4 Å². The molecule has 0 aliphatic heterocycles. The van der Waals surface area contributed by atoms with Crippen molar-refractivity contribution in [2.75, 3.05) is 12.8 Å². The van der Waals surface area contributed by atoms with Crippen LogP contribution in [0.5, 0.6) is 0 Å². The lowest BCUT2D eigenvalue weighted by Gasteiger charge is -2.20. The monoisotopic (exact) mass is 309 g/mol. The zero-order valence-corrected chi connectivity index (χ0v) is 13.1. The van der Waals surface area contributed by atoms with E-state index in [-0.39, 0.29) is 0 Å². The van der Waals surface area contributed by atoms with Crippen molar-refractivity contribution in [2.24, 2.45) is 11.8 Å². The lowest BCUT2D eigenvalue weighted by Crippen LogP contribution is -2.36. The molecular formula is C16H23NO3S. The SMILES string of the molecule is CS(=O)(=O)c1ccc(C(O)CNC(C2CC2)C2CC2)cc1. The fourth-order valence-electron chi connectivity index (χ4n) is 2.93. The van der Waals surface area contributed by atoms with Gasteiger partial charge >= 0.3 is 0 Å². The summed E-state index contributed by atoms with van der Waals surface area (Å²) >= 11 is 0. The second-order valence-electron chi connectivity index (χ2n) is 6.47. The van der Waals surface area contributed by atoms with Crippen molar-refractivity contribution < 1.29 is 13.5 Å². The third kappa shape index (κ3) is 3.84. The molecule has 0 amide bonds. The van der Waals surface area contributed by atoms with Crippen molar-refractivity contribution in [3.8, 4) is 0 Å². The number of hydrogen-bond donors (Lipinski definition) is 2. The second-order valence-corrected chi connectivity index (χ2v) is 8.48. The first-order valence-electron chi connectivity index (χ1n) is 7.66. The zero-order chi connectivity index (χ0) is 15.0. The fraction of sp³-hybridized carbons (Fsp3) is 0.625. The summed E-state index contributed by atoms with van der Waals surface area (Å²) in [6, 6.07) is 7.09. The summed E-state index contributed by atoms with van der Waals surface area (Å²) in [6.07, 6.45) is 5.86. The average Bonchev–Trinajstić information content (AvgIpc) is 3.31. The van der Waals surface area contributed by atoms with Gasteiger partial charge in [-0.05, 0) is 55.2 Å². The third-order valence-corrected chi connectivity index (χ3v) is 5.63. The first-order valence-corrected chi connectivity index (χ1v) is 9.56. The molecule has 21 heavy (non-hydrogen) atoms. The minimum Gasteiger partial charge on any atom is -0.387 e. The first-order chi connectivity index (χ1) is 9.95. The number of hydrogen-bond acceptors (Lipinski definition) is 4. The molecule has 1 atom stereocenters. The lowest BCUT2D eigenvalue weighted by molar-refractivity contribution is 0.165. The van der Waals surface area contributed by atoms with Crippen molar-refractivity contribution in [3.05, 3.63) is 29.8 Å². The molecule has 2 N–H and O–H groups in total. The van der Waals surface area contributed by atoms with Gasteiger partial charge in [0.1, 0.15) is 0 Å². The van der Waals surface area contributed by atoms with Crippen molar-refractivity contribution in [3.63, 3.8) is 0 Å². The summed E-state index contributed by atoms with van der Waals surface area (Å²) in [5.41, 5.74) is 0.764. The van der Waals surface area contributed by atoms with Gasteiger partial charge in [-0.15, -0.1) is 0 Å². The molecule has 2 saturated carbocycles. The molecule has 0 aromatic heterocycles. The highest BCUT2D eigenvalue weighted by atomic mass is 32.2. The van der Waals surface area contributed by atoms with Crippen LogP contribution >= 0.6 is 0 Å². The first kappa shape index (κ1) is 15.0. The normalized spacial score (nSPS) is 20.7. The Balaban J connectivity index is 1.58. The average molecular weight is 309 g/mol. The minimum absolute atomic E-state index is 0.292. The quantitative estimate of drug-likeness (QED) is 0.807. The molecule has 2 fully saturated rings. The molecule has 5 heteroatoms. The molecule has 1 aromatic rings. The number of aliphatic hydroxyl groups is 1. The van der Waals surface area contributed by atoms with Gasteiger partial charge in [0.2, 0.25) is 0 Å². The molecule has 1 aromatic carbocycles. The standard InChI is InChI=1S/C16H23NO3S/c1-21(19,20)14-8-6-11(7-9-14)15(18)10-17-16(12-2-3-12)13-4-5-13/h6-9,12-13,15-18H,2-5,10H2,1H3. The van der Waals surface area contributed by atoms with E-state index in [1.807, 2.05) is 0 Å². The van der Waals surface area contributed by atoms with E-state index in [1.165, 1.54) is 31.9 Å². The molecule has 0 spiro atoms. The number of benzene rings is 1. The van der Waals surface area contributed by atoms with Crippen LogP contribution in [0.4, 0.5) is 0 Å². The predicted octanol–water partition coefficient (Wildman–Crippen LogP) is 1.90. The Labute approximate surface area is 126 Å². The van der Waals surface area contributed by atoms with E-state index in [0.29, 0.717) is 17.5 Å². The van der Waals surface area contributed by atoms with Gasteiger partial charge in [-0.1, -0.05) is 12.1 Å². The van der Waals surface area contributed by atoms with Crippen molar-refractivity contribution in [1.29, 1.82) is 0 Å². The Hall–Kier alpha value is -0.910. The molecule has 0 radical (unpaired) electrons. The zero-order valence-electron chi connectivity index (χ0n) is 12.3. The maximum absolute atomic E-state index is 11.4. The summed E-state index contributed by atoms with van der Waals surface area (Å²) < 4.78 is 22.8. The van der Waals surface area contributed by atoms with Crippen LogP contribution in [-0.4, -0.2) is 32.4 Å². The van der Waals surface area contributed by atoms with E-state index in [4.69, 9.17) is 0 Å². The number of sulfone groups is 1. The maximum atomic E-state index is 11.4. The highest BCUT2D eigenvalue weighted by Gasteiger charge is 2.41. The van der Waals surface area contributed by atoms with Gasteiger partial charge in [0.25, 0.3) is 0 Å². The second kappa shape index (κ2) is 5.71. The topological polar surface area (TPSA) is 66.4 Å². The number of nitrogens with one attached hydrogen (secondary N) is 1. The number of aliphatic hydroxyl groups excluding tert-OH is 1. The molecular weight excluding hydrogens is 286 g/mol. The van der Waals surface area contributed by atoms with Crippen LogP contribution in [0.3, 0.4) is 0 Å². The van der Waals surface area contributed by atoms with Gasteiger partial charge in [0.15, 0.2) is 9.84 Å². The Kier molecular flexibility index (Phi) is 4.08. The van der Waals surface area contributed by atoms with Gasteiger partial charge in [0, 0.05) is 18.8 Å². The van der Waals surface area contributed by atoms with Gasteiger partial charge < -0.3 is 10.4 Å². The molecule has 2 aliphatic carbocycles. The van der Waals surface area contributed by atoms with E-state index in [9.17, 15) is 13.5 Å². The Morgan fingerprint density at radius 1 is 1.14 bits per heavy atom. The lowest BCUT2D eigenvalue weighted by atomic mass is 10.1. The van der Waals surface area contributed by atoms with Gasteiger partial charge in [-0.3, -0.25) is 0 Å². The Bertz CT molecular complexity index is 576. The summed E-state index contributed by atoms with van der Waals surface area (Å²) in [7, 11) is -3.17. The van der Waals surface area contributed by atoms with E-state index in [1.54, 1.807) is 24.3 Å². The van der Waals surface area contributed by atoms with Crippen LogP contribution in [0.25, 0.3) is 0 Å². The smallest absolute Gasteiger partial charge is 0.175 e. The van der Waals surface area contributed by atoms with E-state index in [2.05, 4.69) is 5.32 Å². The van der Waals surface area contributed by atoms with Crippen LogP contribution in [-0.2, 0) is 9.84 Å². The van der Waals surface area contributed by atoms with Crippen molar-refractivity contribution in [2.45, 2.75) is 42.7 Å². The summed E-state index contributed by atoms with van der Waals surface area (Å²) in [5, 5.41) is 13.8. The van der Waals surface area contributed by atoms with Gasteiger partial charge in [-0.25, -0.2) is 8.42 Å².